The maximum Gasteiger partial charge on any atom is 0.246 e. The summed E-state index contributed by atoms with van der Waals surface area (Å²) in [6.07, 6.45) is 2.28. The number of ether oxygens (including phenoxy) is 1. The van der Waals surface area contributed by atoms with Gasteiger partial charge < -0.3 is 19.9 Å². The molecular formula is C13H24N4O2. The lowest BCUT2D eigenvalue weighted by atomic mass is 9.91. The molecule has 1 saturated heterocycles. The maximum atomic E-state index is 6.32. The van der Waals surface area contributed by atoms with Crippen molar-refractivity contribution in [3.05, 3.63) is 11.7 Å². The number of hydrogen-bond acceptors (Lipinski definition) is 6. The molecule has 1 fully saturated rings. The Hall–Kier alpha value is -0.980. The predicted octanol–water partition coefficient (Wildman–Crippen LogP) is 0.918. The molecule has 0 spiro atoms. The van der Waals surface area contributed by atoms with Gasteiger partial charge >= 0.3 is 0 Å². The first-order valence-electron chi connectivity index (χ1n) is 7.10. The van der Waals surface area contributed by atoms with Crippen LogP contribution in [0.25, 0.3) is 0 Å². The molecule has 2 heterocycles. The largest absolute Gasteiger partial charge is 0.381 e. The molecule has 1 aromatic rings. The monoisotopic (exact) mass is 268 g/mol. The van der Waals surface area contributed by atoms with Crippen LogP contribution in [0.15, 0.2) is 4.52 Å². The van der Waals surface area contributed by atoms with Crippen molar-refractivity contribution in [3.63, 3.8) is 0 Å². The Kier molecular flexibility index (Phi) is 4.90. The average molecular weight is 268 g/mol. The normalized spacial score (nSPS) is 18.9. The van der Waals surface area contributed by atoms with Crippen molar-refractivity contribution in [2.45, 2.75) is 38.6 Å². The molecular weight excluding hydrogens is 244 g/mol. The minimum absolute atomic E-state index is 0.501. The first-order chi connectivity index (χ1) is 9.18. The molecule has 0 aromatic carbocycles. The number of hydrogen-bond donors (Lipinski definition) is 1. The van der Waals surface area contributed by atoms with Gasteiger partial charge in [0.15, 0.2) is 5.82 Å². The van der Waals surface area contributed by atoms with Crippen LogP contribution in [0.5, 0.6) is 0 Å². The highest BCUT2D eigenvalue weighted by molar-refractivity contribution is 5.03. The van der Waals surface area contributed by atoms with Crippen LogP contribution in [0.3, 0.4) is 0 Å². The maximum absolute atomic E-state index is 6.32. The summed E-state index contributed by atoms with van der Waals surface area (Å²) in [6.45, 7) is 8.66. The van der Waals surface area contributed by atoms with Crippen molar-refractivity contribution in [3.8, 4) is 0 Å². The van der Waals surface area contributed by atoms with Gasteiger partial charge in [-0.1, -0.05) is 19.0 Å². The van der Waals surface area contributed by atoms with E-state index in [-0.39, 0.29) is 0 Å². The third kappa shape index (κ3) is 3.52. The van der Waals surface area contributed by atoms with Gasteiger partial charge in [-0.2, -0.15) is 4.98 Å². The Morgan fingerprint density at radius 3 is 2.58 bits per heavy atom. The van der Waals surface area contributed by atoms with E-state index in [9.17, 15) is 0 Å². The van der Waals surface area contributed by atoms with Crippen molar-refractivity contribution in [1.82, 2.24) is 15.0 Å². The van der Waals surface area contributed by atoms with Gasteiger partial charge in [0.25, 0.3) is 0 Å². The fourth-order valence-corrected chi connectivity index (χ4v) is 2.31. The quantitative estimate of drug-likeness (QED) is 0.826. The SMILES string of the molecule is CCN(CC)CCc1noc(C2(N)CCOCC2)n1. The third-order valence-electron chi connectivity index (χ3n) is 3.83. The van der Waals surface area contributed by atoms with E-state index in [1.165, 1.54) is 0 Å². The second-order valence-corrected chi connectivity index (χ2v) is 5.06. The number of likely N-dealkylation sites (N-methyl/N-ethyl adjacent to an activating group) is 1. The first-order valence-corrected chi connectivity index (χ1v) is 7.10. The molecule has 2 N–H and O–H groups in total. The molecule has 0 aliphatic carbocycles. The number of aromatic nitrogens is 2. The van der Waals surface area contributed by atoms with Crippen LogP contribution in [0, 0.1) is 0 Å². The Balaban J connectivity index is 1.94. The molecule has 0 saturated carbocycles. The lowest BCUT2D eigenvalue weighted by molar-refractivity contribution is 0.0400. The molecule has 6 heteroatoms. The van der Waals surface area contributed by atoms with E-state index in [0.717, 1.165) is 44.7 Å². The van der Waals surface area contributed by atoms with Crippen LogP contribution in [-0.4, -0.2) is 47.9 Å². The number of nitrogens with zero attached hydrogens (tertiary/aromatic N) is 3. The fourth-order valence-electron chi connectivity index (χ4n) is 2.31. The van der Waals surface area contributed by atoms with Crippen LogP contribution < -0.4 is 5.73 Å². The molecule has 0 radical (unpaired) electrons. The average Bonchev–Trinajstić information content (AvgIpc) is 2.90. The Labute approximate surface area is 114 Å². The summed E-state index contributed by atoms with van der Waals surface area (Å²) in [5.74, 6) is 1.31. The predicted molar refractivity (Wildman–Crippen MR) is 71.7 cm³/mol. The van der Waals surface area contributed by atoms with E-state index >= 15 is 0 Å². The Bertz CT molecular complexity index is 384. The highest BCUT2D eigenvalue weighted by Gasteiger charge is 2.35. The molecule has 0 amide bonds. The zero-order valence-electron chi connectivity index (χ0n) is 11.9. The summed E-state index contributed by atoms with van der Waals surface area (Å²) in [5.41, 5.74) is 5.81. The van der Waals surface area contributed by atoms with Gasteiger partial charge in [-0.3, -0.25) is 0 Å². The lowest BCUT2D eigenvalue weighted by Crippen LogP contribution is -2.42. The molecule has 0 unspecified atom stereocenters. The summed E-state index contributed by atoms with van der Waals surface area (Å²) >= 11 is 0. The molecule has 1 aliphatic rings. The second kappa shape index (κ2) is 6.45. The zero-order chi connectivity index (χ0) is 13.7. The van der Waals surface area contributed by atoms with E-state index in [2.05, 4.69) is 28.9 Å². The smallest absolute Gasteiger partial charge is 0.246 e. The summed E-state index contributed by atoms with van der Waals surface area (Å²) in [4.78, 5) is 6.80. The van der Waals surface area contributed by atoms with Crippen molar-refractivity contribution >= 4 is 0 Å². The zero-order valence-corrected chi connectivity index (χ0v) is 11.9. The summed E-state index contributed by atoms with van der Waals surface area (Å²) in [5, 5.41) is 4.04. The van der Waals surface area contributed by atoms with Gasteiger partial charge in [0.05, 0.1) is 0 Å². The van der Waals surface area contributed by atoms with Gasteiger partial charge in [0.2, 0.25) is 5.89 Å². The van der Waals surface area contributed by atoms with E-state index in [1.54, 1.807) is 0 Å². The third-order valence-corrected chi connectivity index (χ3v) is 3.83. The minimum Gasteiger partial charge on any atom is -0.381 e. The van der Waals surface area contributed by atoms with E-state index in [0.29, 0.717) is 19.1 Å². The summed E-state index contributed by atoms with van der Waals surface area (Å²) in [6, 6.07) is 0. The second-order valence-electron chi connectivity index (χ2n) is 5.06. The lowest BCUT2D eigenvalue weighted by Gasteiger charge is -2.29. The van der Waals surface area contributed by atoms with Crippen LogP contribution >= 0.6 is 0 Å². The molecule has 0 bridgehead atoms. The molecule has 19 heavy (non-hydrogen) atoms. The molecule has 1 aliphatic heterocycles. The van der Waals surface area contributed by atoms with Crippen molar-refractivity contribution in [1.29, 1.82) is 0 Å². The van der Waals surface area contributed by atoms with Crippen LogP contribution in [0.4, 0.5) is 0 Å². The van der Waals surface area contributed by atoms with E-state index in [1.807, 2.05) is 0 Å². The van der Waals surface area contributed by atoms with E-state index < -0.39 is 5.54 Å². The minimum atomic E-state index is -0.501. The van der Waals surface area contributed by atoms with Gasteiger partial charge in [0.1, 0.15) is 5.54 Å². The van der Waals surface area contributed by atoms with E-state index in [4.69, 9.17) is 15.0 Å². The molecule has 2 rings (SSSR count). The van der Waals surface area contributed by atoms with Gasteiger partial charge in [-0.05, 0) is 25.9 Å². The first kappa shape index (κ1) is 14.4. The topological polar surface area (TPSA) is 77.4 Å². The van der Waals surface area contributed by atoms with Crippen molar-refractivity contribution < 1.29 is 9.26 Å². The highest BCUT2D eigenvalue weighted by Crippen LogP contribution is 2.27. The fraction of sp³-hybridized carbons (Fsp3) is 0.846. The number of nitrogens with two attached hydrogens (primary N) is 1. The van der Waals surface area contributed by atoms with Gasteiger partial charge in [-0.25, -0.2) is 0 Å². The molecule has 0 atom stereocenters. The number of rotatable bonds is 6. The Morgan fingerprint density at radius 2 is 1.95 bits per heavy atom. The van der Waals surface area contributed by atoms with Crippen molar-refractivity contribution in [2.75, 3.05) is 32.8 Å². The standard InChI is InChI=1S/C13H24N4O2/c1-3-17(4-2)8-5-11-15-12(19-16-11)13(14)6-9-18-10-7-13/h3-10,14H2,1-2H3. The summed E-state index contributed by atoms with van der Waals surface area (Å²) in [7, 11) is 0. The van der Waals surface area contributed by atoms with Gasteiger partial charge in [0, 0.05) is 26.2 Å². The highest BCUT2D eigenvalue weighted by atomic mass is 16.5. The molecule has 6 nitrogen and oxygen atoms in total. The van der Waals surface area contributed by atoms with Crippen LogP contribution in [0.2, 0.25) is 0 Å². The van der Waals surface area contributed by atoms with Crippen LogP contribution in [0.1, 0.15) is 38.4 Å². The molecule has 1 aromatic heterocycles. The Morgan fingerprint density at radius 1 is 1.26 bits per heavy atom. The summed E-state index contributed by atoms with van der Waals surface area (Å²) < 4.78 is 10.7. The van der Waals surface area contributed by atoms with Crippen LogP contribution in [-0.2, 0) is 16.7 Å². The molecule has 108 valence electrons. The van der Waals surface area contributed by atoms with Gasteiger partial charge in [-0.15, -0.1) is 0 Å². The van der Waals surface area contributed by atoms with Crippen molar-refractivity contribution in [2.24, 2.45) is 5.73 Å².